The van der Waals surface area contributed by atoms with E-state index in [0.717, 1.165) is 29.6 Å². The molecule has 0 radical (unpaired) electrons. The van der Waals surface area contributed by atoms with E-state index in [4.69, 9.17) is 6.11 Å². The molecule has 6 fully saturated rings. The Kier molecular flexibility index (Phi) is 2.09. The lowest BCUT2D eigenvalue weighted by Gasteiger charge is -2.51. The van der Waals surface area contributed by atoms with Crippen molar-refractivity contribution in [1.82, 2.24) is 0 Å². The molecular formula is C20H32O. The first kappa shape index (κ1) is 12.4. The minimum Gasteiger partial charge on any atom is -0.371 e. The van der Waals surface area contributed by atoms with Crippen LogP contribution >= 0.6 is 0 Å². The number of rotatable bonds is 1. The Morgan fingerprint density at radius 3 is 2.71 bits per heavy atom. The fraction of sp³-hybridized carbons (Fsp3) is 1.00. The lowest BCUT2D eigenvalue weighted by molar-refractivity contribution is -0.178. The average molecular weight is 289 g/mol. The van der Waals surface area contributed by atoms with E-state index in [-0.39, 0.29) is 28.9 Å². The molecule has 118 valence electrons. The van der Waals surface area contributed by atoms with Gasteiger partial charge in [-0.1, -0.05) is 41.0 Å². The Bertz CT molecular complexity index is 532. The van der Waals surface area contributed by atoms with Gasteiger partial charge in [-0.3, -0.25) is 0 Å². The molecule has 0 amide bonds. The first-order valence-corrected chi connectivity index (χ1v) is 9.38. The summed E-state index contributed by atoms with van der Waals surface area (Å²) < 4.78 is 16.0. The van der Waals surface area contributed by atoms with Crippen molar-refractivity contribution in [1.29, 1.82) is 0 Å². The predicted molar refractivity (Wildman–Crippen MR) is 84.9 cm³/mol. The summed E-state index contributed by atoms with van der Waals surface area (Å²) in [5.41, 5.74) is 0.658. The highest BCUT2D eigenvalue weighted by Crippen LogP contribution is 2.83. The van der Waals surface area contributed by atoms with Crippen LogP contribution in [0.3, 0.4) is 0 Å². The molecule has 21 heavy (non-hydrogen) atoms. The van der Waals surface area contributed by atoms with E-state index in [0.29, 0.717) is 5.92 Å². The summed E-state index contributed by atoms with van der Waals surface area (Å²) in [6.45, 7) is 12.2. The summed E-state index contributed by atoms with van der Waals surface area (Å²) in [6.07, 6.45) is 5.53. The highest BCUT2D eigenvalue weighted by Gasteiger charge is 2.84. The molecule has 1 nitrogen and oxygen atoms in total. The van der Waals surface area contributed by atoms with E-state index < -0.39 is 0 Å². The summed E-state index contributed by atoms with van der Waals surface area (Å²) in [7, 11) is 0. The second-order valence-electron chi connectivity index (χ2n) is 10.0. The second-order valence-corrected chi connectivity index (χ2v) is 10.0. The van der Waals surface area contributed by atoms with Gasteiger partial charge in [0.25, 0.3) is 0 Å². The van der Waals surface area contributed by atoms with Crippen molar-refractivity contribution in [2.75, 3.05) is 0 Å². The predicted octanol–water partition coefficient (Wildman–Crippen LogP) is 4.90. The Hall–Kier alpha value is -0.0400. The van der Waals surface area contributed by atoms with E-state index in [1.807, 2.05) is 0 Å². The average Bonchev–Trinajstić information content (AvgIpc) is 2.92. The van der Waals surface area contributed by atoms with Crippen molar-refractivity contribution in [2.24, 2.45) is 46.3 Å². The molecule has 10 atom stereocenters. The third kappa shape index (κ3) is 1.18. The van der Waals surface area contributed by atoms with Gasteiger partial charge >= 0.3 is 0 Å². The molecule has 2 heterocycles. The van der Waals surface area contributed by atoms with Crippen LogP contribution in [0, 0.1) is 46.3 Å². The maximum Gasteiger partial charge on any atom is 0.0759 e. The molecular weight excluding hydrogens is 256 g/mol. The Balaban J connectivity index is 1.72. The molecule has 6 rings (SSSR count). The fourth-order valence-corrected chi connectivity index (χ4v) is 8.46. The standard InChI is InChI=1S/C20H32O/c1-11(2)13-8-14-17-19(13,5)16-10-18(14,4)15-7-6-12(3)9-20(15,17)21-16/h11-17H,6-10H2,1-5H3/t12?,13?,14-,15-,16?,17?,18-,19?,20?/m1/s1/i10D/t10-,12?,13?,14-,15-,16?,17?,18-,19?,20?. The number of hydrogen-bond donors (Lipinski definition) is 0. The minimum atomic E-state index is 0.0107. The van der Waals surface area contributed by atoms with Gasteiger partial charge < -0.3 is 4.74 Å². The SMILES string of the molecule is [2H][C@@H]1C2OC34CC(C)CC[C@@H]3[C@@]1(C)[C@@H]1CC(C(C)C)C2(C)C14. The van der Waals surface area contributed by atoms with Crippen LogP contribution in [-0.4, -0.2) is 11.7 Å². The van der Waals surface area contributed by atoms with Crippen LogP contribution in [0.2, 0.25) is 0 Å². The molecule has 1 heteroatoms. The quantitative estimate of drug-likeness (QED) is 0.667. The second kappa shape index (κ2) is 3.55. The first-order chi connectivity index (χ1) is 10.3. The molecule has 1 spiro atoms. The zero-order valence-corrected chi connectivity index (χ0v) is 14.4. The van der Waals surface area contributed by atoms with Gasteiger partial charge in [-0.25, -0.2) is 0 Å². The summed E-state index contributed by atoms with van der Waals surface area (Å²) in [5, 5.41) is 0. The van der Waals surface area contributed by atoms with E-state index in [2.05, 4.69) is 34.6 Å². The van der Waals surface area contributed by atoms with Crippen molar-refractivity contribution < 1.29 is 6.11 Å². The van der Waals surface area contributed by atoms with Gasteiger partial charge in [-0.05, 0) is 66.6 Å². The van der Waals surface area contributed by atoms with Crippen LogP contribution in [0.15, 0.2) is 0 Å². The monoisotopic (exact) mass is 289 g/mol. The van der Waals surface area contributed by atoms with Crippen LogP contribution in [0.4, 0.5) is 0 Å². The smallest absolute Gasteiger partial charge is 0.0759 e. The minimum absolute atomic E-state index is 0.0107. The van der Waals surface area contributed by atoms with Gasteiger partial charge in [0.2, 0.25) is 0 Å². The van der Waals surface area contributed by atoms with Gasteiger partial charge in [-0.2, -0.15) is 0 Å². The van der Waals surface area contributed by atoms with Crippen molar-refractivity contribution >= 4 is 0 Å². The largest absolute Gasteiger partial charge is 0.371 e. The Morgan fingerprint density at radius 2 is 2.00 bits per heavy atom. The van der Waals surface area contributed by atoms with Gasteiger partial charge in [0, 0.05) is 6.79 Å². The molecule has 0 aromatic heterocycles. The van der Waals surface area contributed by atoms with Crippen LogP contribution in [0.1, 0.15) is 68.1 Å². The van der Waals surface area contributed by atoms with E-state index >= 15 is 0 Å². The van der Waals surface area contributed by atoms with E-state index in [9.17, 15) is 0 Å². The maximum atomic E-state index is 9.10. The van der Waals surface area contributed by atoms with Crippen LogP contribution < -0.4 is 0 Å². The molecule has 2 saturated heterocycles. The van der Waals surface area contributed by atoms with Gasteiger partial charge in [0.15, 0.2) is 0 Å². The molecule has 0 N–H and O–H groups in total. The molecule has 0 aromatic rings. The summed E-state index contributed by atoms with van der Waals surface area (Å²) in [6, 6.07) is 0. The van der Waals surface area contributed by atoms with E-state index in [1.165, 1.54) is 25.7 Å². The lowest BCUT2D eigenvalue weighted by Crippen LogP contribution is -2.51. The van der Waals surface area contributed by atoms with Crippen molar-refractivity contribution in [3.63, 3.8) is 0 Å². The molecule has 6 bridgehead atoms. The zero-order valence-electron chi connectivity index (χ0n) is 15.4. The summed E-state index contributed by atoms with van der Waals surface area (Å²) in [4.78, 5) is 0. The molecule has 0 aromatic carbocycles. The summed E-state index contributed by atoms with van der Waals surface area (Å²) in [5.74, 6) is 4.46. The Labute approximate surface area is 131 Å². The van der Waals surface area contributed by atoms with Crippen LogP contribution in [0.5, 0.6) is 0 Å². The molecule has 2 aliphatic heterocycles. The van der Waals surface area contributed by atoms with E-state index in [1.54, 1.807) is 0 Å². The molecule has 6 unspecified atom stereocenters. The van der Waals surface area contributed by atoms with Gasteiger partial charge in [-0.15, -0.1) is 0 Å². The van der Waals surface area contributed by atoms with Crippen LogP contribution in [-0.2, 0) is 4.74 Å². The normalized spacial score (nSPS) is 71.3. The highest BCUT2D eigenvalue weighted by atomic mass is 16.5. The third-order valence-electron chi connectivity index (χ3n) is 8.94. The highest BCUT2D eigenvalue weighted by molar-refractivity contribution is 5.31. The Morgan fingerprint density at radius 1 is 1.24 bits per heavy atom. The molecule has 6 aliphatic rings. The number of ether oxygens (including phenoxy) is 1. The van der Waals surface area contributed by atoms with Crippen molar-refractivity contribution in [2.45, 2.75) is 78.4 Å². The fourth-order valence-electron chi connectivity index (χ4n) is 8.46. The number of hydrogen-bond acceptors (Lipinski definition) is 1. The van der Waals surface area contributed by atoms with Crippen molar-refractivity contribution in [3.05, 3.63) is 0 Å². The van der Waals surface area contributed by atoms with Gasteiger partial charge in [0.1, 0.15) is 0 Å². The van der Waals surface area contributed by atoms with Crippen LogP contribution in [0.25, 0.3) is 0 Å². The molecule has 4 saturated carbocycles. The first-order valence-electron chi connectivity index (χ1n) is 9.95. The zero-order chi connectivity index (χ0) is 15.7. The third-order valence-corrected chi connectivity index (χ3v) is 8.94. The summed E-state index contributed by atoms with van der Waals surface area (Å²) >= 11 is 0. The topological polar surface area (TPSA) is 9.23 Å². The maximum absolute atomic E-state index is 9.10. The lowest BCUT2D eigenvalue weighted by atomic mass is 9.59. The van der Waals surface area contributed by atoms with Gasteiger partial charge in [0.05, 0.1) is 11.7 Å². The molecule has 4 aliphatic carbocycles. The van der Waals surface area contributed by atoms with Crippen molar-refractivity contribution in [3.8, 4) is 0 Å².